The Labute approximate surface area is 240 Å². The Morgan fingerprint density at radius 3 is 2.39 bits per heavy atom. The van der Waals surface area contributed by atoms with Crippen LogP contribution in [0.1, 0.15) is 10.4 Å². The summed E-state index contributed by atoms with van der Waals surface area (Å²) < 4.78 is 12.1. The number of fused-ring (bicyclic) bond motifs is 1. The summed E-state index contributed by atoms with van der Waals surface area (Å²) in [6, 6.07) is 27.9. The van der Waals surface area contributed by atoms with E-state index in [1.54, 1.807) is 92.0 Å². The van der Waals surface area contributed by atoms with Crippen molar-refractivity contribution >= 4 is 45.9 Å². The molecule has 0 saturated carbocycles. The van der Waals surface area contributed by atoms with Gasteiger partial charge in [0.25, 0.3) is 11.5 Å². The number of benzene rings is 4. The van der Waals surface area contributed by atoms with Gasteiger partial charge in [-0.2, -0.15) is 0 Å². The molecule has 0 atom stereocenters. The highest BCUT2D eigenvalue weighted by atomic mass is 32.2. The summed E-state index contributed by atoms with van der Waals surface area (Å²) in [5, 5.41) is 6.50. The second kappa shape index (κ2) is 12.4. The predicted molar refractivity (Wildman–Crippen MR) is 161 cm³/mol. The van der Waals surface area contributed by atoms with Crippen LogP contribution in [0.4, 0.5) is 11.4 Å². The van der Waals surface area contributed by atoms with Gasteiger partial charge in [0.15, 0.2) is 5.16 Å². The first-order chi connectivity index (χ1) is 20.0. The van der Waals surface area contributed by atoms with Gasteiger partial charge in [-0.25, -0.2) is 4.98 Å². The number of hydrogen-bond acceptors (Lipinski definition) is 7. The molecule has 0 saturated heterocycles. The summed E-state index contributed by atoms with van der Waals surface area (Å²) in [5.74, 6) is 0.558. The highest BCUT2D eigenvalue weighted by Gasteiger charge is 2.16. The molecular formula is C31H26N4O5S. The Kier molecular flexibility index (Phi) is 8.31. The smallest absolute Gasteiger partial charge is 0.266 e. The van der Waals surface area contributed by atoms with E-state index in [1.165, 1.54) is 11.7 Å². The summed E-state index contributed by atoms with van der Waals surface area (Å²) in [7, 11) is 3.09. The second-order valence-electron chi connectivity index (χ2n) is 8.82. The molecule has 2 amide bonds. The maximum absolute atomic E-state index is 13.5. The van der Waals surface area contributed by atoms with Crippen LogP contribution in [0.3, 0.4) is 0 Å². The number of carbonyl (C=O) groups excluding carboxylic acids is 2. The number of aromatic nitrogens is 2. The van der Waals surface area contributed by atoms with Crippen molar-refractivity contribution in [2.24, 2.45) is 0 Å². The lowest BCUT2D eigenvalue weighted by Crippen LogP contribution is -2.23. The Hall–Kier alpha value is -5.09. The van der Waals surface area contributed by atoms with Crippen LogP contribution < -0.4 is 25.7 Å². The minimum Gasteiger partial charge on any atom is -0.497 e. The number of ether oxygens (including phenoxy) is 2. The van der Waals surface area contributed by atoms with E-state index in [0.29, 0.717) is 50.2 Å². The van der Waals surface area contributed by atoms with Crippen molar-refractivity contribution in [3.05, 3.63) is 113 Å². The normalized spacial score (nSPS) is 10.7. The Morgan fingerprint density at radius 2 is 1.61 bits per heavy atom. The van der Waals surface area contributed by atoms with Crippen LogP contribution in [-0.4, -0.2) is 41.3 Å². The zero-order valence-electron chi connectivity index (χ0n) is 22.3. The van der Waals surface area contributed by atoms with Crippen LogP contribution in [0.15, 0.2) is 107 Å². The van der Waals surface area contributed by atoms with Crippen molar-refractivity contribution in [1.82, 2.24) is 9.55 Å². The van der Waals surface area contributed by atoms with Crippen LogP contribution in [0.2, 0.25) is 0 Å². The third-order valence-corrected chi connectivity index (χ3v) is 7.11. The number of hydrogen-bond donors (Lipinski definition) is 2. The van der Waals surface area contributed by atoms with Crippen LogP contribution >= 0.6 is 11.8 Å². The number of carbonyl (C=O) groups is 2. The molecule has 9 nitrogen and oxygen atoms in total. The Balaban J connectivity index is 1.30. The zero-order valence-corrected chi connectivity index (χ0v) is 23.1. The molecule has 1 aromatic heterocycles. The minimum atomic E-state index is -0.305. The van der Waals surface area contributed by atoms with Gasteiger partial charge in [-0.05, 0) is 60.7 Å². The topological polar surface area (TPSA) is 112 Å². The van der Waals surface area contributed by atoms with Gasteiger partial charge in [-0.15, -0.1) is 0 Å². The van der Waals surface area contributed by atoms with E-state index in [0.717, 1.165) is 11.8 Å². The molecule has 4 aromatic carbocycles. The van der Waals surface area contributed by atoms with Crippen LogP contribution in [0.5, 0.6) is 11.5 Å². The first-order valence-electron chi connectivity index (χ1n) is 12.6. The van der Waals surface area contributed by atoms with Crippen molar-refractivity contribution in [2.75, 3.05) is 30.6 Å². The number of para-hydroxylation sites is 3. The molecule has 2 N–H and O–H groups in total. The highest BCUT2D eigenvalue weighted by Crippen LogP contribution is 2.25. The molecule has 0 spiro atoms. The van der Waals surface area contributed by atoms with Crippen molar-refractivity contribution in [1.29, 1.82) is 0 Å². The summed E-state index contributed by atoms with van der Waals surface area (Å²) in [5.41, 5.74) is 2.39. The van der Waals surface area contributed by atoms with Gasteiger partial charge in [0.1, 0.15) is 11.5 Å². The van der Waals surface area contributed by atoms with Gasteiger partial charge in [-0.3, -0.25) is 19.0 Å². The standard InChI is InChI=1S/C31H26N4O5S/c1-39-23-9-7-8-22(18-23)35-30(38)24-10-3-4-11-25(24)34-31(35)41-19-28(36)32-21-16-14-20(15-17-21)29(37)33-26-12-5-6-13-27(26)40-2/h3-18H,19H2,1-2H3,(H,32,36)(H,33,37). The largest absolute Gasteiger partial charge is 0.497 e. The van der Waals surface area contributed by atoms with Gasteiger partial charge in [0.05, 0.1) is 42.3 Å². The molecule has 41 heavy (non-hydrogen) atoms. The van der Waals surface area contributed by atoms with Crippen molar-refractivity contribution in [2.45, 2.75) is 5.16 Å². The fourth-order valence-electron chi connectivity index (χ4n) is 4.16. The number of nitrogens with zero attached hydrogens (tertiary/aromatic N) is 2. The van der Waals surface area contributed by atoms with E-state index in [-0.39, 0.29) is 23.1 Å². The van der Waals surface area contributed by atoms with Crippen molar-refractivity contribution in [3.63, 3.8) is 0 Å². The molecule has 5 rings (SSSR count). The number of rotatable bonds is 9. The summed E-state index contributed by atoms with van der Waals surface area (Å²) in [4.78, 5) is 43.7. The maximum atomic E-state index is 13.5. The maximum Gasteiger partial charge on any atom is 0.266 e. The van der Waals surface area contributed by atoms with Gasteiger partial charge in [0, 0.05) is 17.3 Å². The third kappa shape index (κ3) is 6.23. The fraction of sp³-hybridized carbons (Fsp3) is 0.0968. The van der Waals surface area contributed by atoms with Crippen LogP contribution in [-0.2, 0) is 4.79 Å². The molecule has 0 aliphatic rings. The predicted octanol–water partition coefficient (Wildman–Crippen LogP) is 5.39. The summed E-state index contributed by atoms with van der Waals surface area (Å²) in [6.07, 6.45) is 0. The summed E-state index contributed by atoms with van der Waals surface area (Å²) in [6.45, 7) is 0. The molecule has 0 radical (unpaired) electrons. The Bertz CT molecular complexity index is 1790. The third-order valence-electron chi connectivity index (χ3n) is 6.17. The van der Waals surface area contributed by atoms with Crippen molar-refractivity contribution < 1.29 is 19.1 Å². The number of nitrogens with one attached hydrogen (secondary N) is 2. The van der Waals surface area contributed by atoms with Gasteiger partial charge in [-0.1, -0.05) is 42.1 Å². The average molecular weight is 567 g/mol. The lowest BCUT2D eigenvalue weighted by Gasteiger charge is -2.14. The summed E-state index contributed by atoms with van der Waals surface area (Å²) >= 11 is 1.15. The first-order valence-corrected chi connectivity index (χ1v) is 13.6. The number of methoxy groups -OCH3 is 2. The SMILES string of the molecule is COc1cccc(-n2c(SCC(=O)Nc3ccc(C(=O)Nc4ccccc4OC)cc3)nc3ccccc3c2=O)c1. The fourth-order valence-corrected chi connectivity index (χ4v) is 4.97. The van der Waals surface area contributed by atoms with Gasteiger partial charge < -0.3 is 20.1 Å². The van der Waals surface area contributed by atoms with Gasteiger partial charge >= 0.3 is 0 Å². The first kappa shape index (κ1) is 27.5. The quantitative estimate of drug-likeness (QED) is 0.182. The molecule has 10 heteroatoms. The lowest BCUT2D eigenvalue weighted by atomic mass is 10.2. The highest BCUT2D eigenvalue weighted by molar-refractivity contribution is 7.99. The number of amides is 2. The van der Waals surface area contributed by atoms with Crippen molar-refractivity contribution in [3.8, 4) is 17.2 Å². The zero-order chi connectivity index (χ0) is 28.8. The van der Waals surface area contributed by atoms with E-state index in [1.807, 2.05) is 12.1 Å². The van der Waals surface area contributed by atoms with E-state index in [4.69, 9.17) is 9.47 Å². The minimum absolute atomic E-state index is 0.00475. The molecule has 0 aliphatic carbocycles. The molecule has 5 aromatic rings. The Morgan fingerprint density at radius 1 is 0.854 bits per heavy atom. The molecule has 0 fully saturated rings. The van der Waals surface area contributed by atoms with Crippen LogP contribution in [0, 0.1) is 0 Å². The number of anilines is 2. The molecule has 0 unspecified atom stereocenters. The molecule has 0 bridgehead atoms. The van der Waals surface area contributed by atoms with E-state index in [9.17, 15) is 14.4 Å². The number of thioether (sulfide) groups is 1. The molecule has 206 valence electrons. The molecule has 1 heterocycles. The monoisotopic (exact) mass is 566 g/mol. The van der Waals surface area contributed by atoms with Crippen LogP contribution in [0.25, 0.3) is 16.6 Å². The van der Waals surface area contributed by atoms with E-state index < -0.39 is 0 Å². The second-order valence-corrected chi connectivity index (χ2v) is 9.76. The average Bonchev–Trinajstić information content (AvgIpc) is 3.00. The van der Waals surface area contributed by atoms with E-state index >= 15 is 0 Å². The molecule has 0 aliphatic heterocycles. The lowest BCUT2D eigenvalue weighted by molar-refractivity contribution is -0.113. The van der Waals surface area contributed by atoms with E-state index in [2.05, 4.69) is 15.6 Å². The molecular weight excluding hydrogens is 540 g/mol. The van der Waals surface area contributed by atoms with Gasteiger partial charge in [0.2, 0.25) is 5.91 Å².